The molecule has 22 heavy (non-hydrogen) atoms. The Morgan fingerprint density at radius 3 is 2.32 bits per heavy atom. The molecule has 1 aliphatic heterocycles. The summed E-state index contributed by atoms with van der Waals surface area (Å²) in [5.41, 5.74) is 2.25. The molecule has 2 rings (SSSR count). The Labute approximate surface area is 137 Å². The van der Waals surface area contributed by atoms with Gasteiger partial charge in [-0.05, 0) is 31.3 Å². The highest BCUT2D eigenvalue weighted by Gasteiger charge is 2.21. The number of nitrogens with zero attached hydrogens (tertiary/aromatic N) is 3. The summed E-state index contributed by atoms with van der Waals surface area (Å²) in [5, 5.41) is 4.03. The second-order valence-corrected chi connectivity index (χ2v) is 6.23. The Morgan fingerprint density at radius 2 is 1.77 bits per heavy atom. The molecule has 0 unspecified atom stereocenters. The van der Waals surface area contributed by atoms with E-state index in [9.17, 15) is 4.79 Å². The van der Waals surface area contributed by atoms with E-state index in [1.165, 1.54) is 5.56 Å². The van der Waals surface area contributed by atoms with Gasteiger partial charge in [-0.15, -0.1) is 0 Å². The summed E-state index contributed by atoms with van der Waals surface area (Å²) in [6.07, 6.45) is 0. The van der Waals surface area contributed by atoms with Crippen LogP contribution < -0.4 is 5.32 Å². The van der Waals surface area contributed by atoms with Gasteiger partial charge in [-0.25, -0.2) is 0 Å². The summed E-state index contributed by atoms with van der Waals surface area (Å²) >= 11 is 5.48. The largest absolute Gasteiger partial charge is 0.348 e. The molecule has 1 fully saturated rings. The first-order valence-electron chi connectivity index (χ1n) is 7.51. The lowest BCUT2D eigenvalue weighted by Gasteiger charge is -2.36. The maximum atomic E-state index is 11.7. The molecule has 0 aliphatic carbocycles. The number of aryl methyl sites for hydroxylation is 1. The number of rotatable bonds is 3. The van der Waals surface area contributed by atoms with Gasteiger partial charge < -0.3 is 15.1 Å². The smallest absolute Gasteiger partial charge is 0.236 e. The van der Waals surface area contributed by atoms with Crippen molar-refractivity contribution in [3.05, 3.63) is 29.8 Å². The molecule has 0 saturated carbocycles. The van der Waals surface area contributed by atoms with E-state index in [0.717, 1.165) is 37.0 Å². The van der Waals surface area contributed by atoms with Crippen LogP contribution in [0.2, 0.25) is 0 Å². The van der Waals surface area contributed by atoms with Crippen LogP contribution in [0.5, 0.6) is 0 Å². The van der Waals surface area contributed by atoms with Gasteiger partial charge in [0, 0.05) is 46.0 Å². The van der Waals surface area contributed by atoms with E-state index in [4.69, 9.17) is 12.2 Å². The van der Waals surface area contributed by atoms with Crippen LogP contribution in [0.25, 0.3) is 0 Å². The number of anilines is 1. The van der Waals surface area contributed by atoms with Crippen LogP contribution >= 0.6 is 12.2 Å². The SMILES string of the molecule is Cc1ccc(NC(=S)N2CCN(CC(=O)N(C)C)CC2)cc1. The molecule has 1 aromatic rings. The van der Waals surface area contributed by atoms with Gasteiger partial charge in [-0.2, -0.15) is 0 Å². The number of hydrogen-bond donors (Lipinski definition) is 1. The predicted molar refractivity (Wildman–Crippen MR) is 94.1 cm³/mol. The minimum Gasteiger partial charge on any atom is -0.348 e. The van der Waals surface area contributed by atoms with Crippen molar-refractivity contribution in [3.8, 4) is 0 Å². The van der Waals surface area contributed by atoms with E-state index >= 15 is 0 Å². The molecular formula is C16H24N4OS. The summed E-state index contributed by atoms with van der Waals surface area (Å²) in [6.45, 7) is 5.96. The lowest BCUT2D eigenvalue weighted by Crippen LogP contribution is -2.51. The number of nitrogens with one attached hydrogen (secondary N) is 1. The second kappa shape index (κ2) is 7.56. The molecule has 6 heteroatoms. The van der Waals surface area contributed by atoms with E-state index < -0.39 is 0 Å². The fraction of sp³-hybridized carbons (Fsp3) is 0.500. The predicted octanol–water partition coefficient (Wildman–Crippen LogP) is 1.40. The van der Waals surface area contributed by atoms with E-state index in [1.807, 2.05) is 12.1 Å². The number of hydrogen-bond acceptors (Lipinski definition) is 3. The van der Waals surface area contributed by atoms with Crippen LogP contribution in [0.15, 0.2) is 24.3 Å². The number of carbonyl (C=O) groups excluding carboxylic acids is 1. The van der Waals surface area contributed by atoms with Crippen molar-refractivity contribution < 1.29 is 4.79 Å². The maximum absolute atomic E-state index is 11.7. The Morgan fingerprint density at radius 1 is 1.18 bits per heavy atom. The standard InChI is InChI=1S/C16H24N4OS/c1-13-4-6-14(7-5-13)17-16(22)20-10-8-19(9-11-20)12-15(21)18(2)3/h4-7H,8-12H2,1-3H3,(H,17,22). The summed E-state index contributed by atoms with van der Waals surface area (Å²) in [6, 6.07) is 8.20. The van der Waals surface area contributed by atoms with Gasteiger partial charge in [-0.3, -0.25) is 9.69 Å². The summed E-state index contributed by atoms with van der Waals surface area (Å²) in [5.74, 6) is 0.147. The van der Waals surface area contributed by atoms with Gasteiger partial charge in [0.25, 0.3) is 0 Å². The first-order chi connectivity index (χ1) is 10.5. The van der Waals surface area contributed by atoms with Crippen molar-refractivity contribution in [2.45, 2.75) is 6.92 Å². The Balaban J connectivity index is 1.79. The van der Waals surface area contributed by atoms with Gasteiger partial charge in [0.05, 0.1) is 6.54 Å². The third-order valence-electron chi connectivity index (χ3n) is 3.82. The Bertz CT molecular complexity index is 521. The van der Waals surface area contributed by atoms with Crippen molar-refractivity contribution >= 4 is 28.9 Å². The summed E-state index contributed by atoms with van der Waals surface area (Å²) < 4.78 is 0. The Kier molecular flexibility index (Phi) is 5.74. The zero-order valence-corrected chi connectivity index (χ0v) is 14.3. The van der Waals surface area contributed by atoms with E-state index in [0.29, 0.717) is 6.54 Å². The summed E-state index contributed by atoms with van der Waals surface area (Å²) in [7, 11) is 3.58. The van der Waals surface area contributed by atoms with Gasteiger partial charge >= 0.3 is 0 Å². The van der Waals surface area contributed by atoms with Gasteiger partial charge in [0.2, 0.25) is 5.91 Å². The second-order valence-electron chi connectivity index (χ2n) is 5.85. The number of benzene rings is 1. The van der Waals surface area contributed by atoms with Gasteiger partial charge in [0.1, 0.15) is 0 Å². The molecule has 0 atom stereocenters. The Hall–Kier alpha value is -1.66. The molecule has 1 amide bonds. The molecule has 1 aromatic carbocycles. The number of amides is 1. The van der Waals surface area contributed by atoms with Crippen LogP contribution in [0.1, 0.15) is 5.56 Å². The van der Waals surface area contributed by atoms with E-state index in [2.05, 4.69) is 34.2 Å². The van der Waals surface area contributed by atoms with Crippen molar-refractivity contribution in [3.63, 3.8) is 0 Å². The number of thiocarbonyl (C=S) groups is 1. The zero-order chi connectivity index (χ0) is 16.1. The van der Waals surface area contributed by atoms with Crippen molar-refractivity contribution in [2.75, 3.05) is 52.1 Å². The molecule has 0 radical (unpaired) electrons. The highest BCUT2D eigenvalue weighted by atomic mass is 32.1. The highest BCUT2D eigenvalue weighted by Crippen LogP contribution is 2.11. The quantitative estimate of drug-likeness (QED) is 0.852. The lowest BCUT2D eigenvalue weighted by atomic mass is 10.2. The van der Waals surface area contributed by atoms with Crippen LogP contribution in [-0.4, -0.2) is 72.5 Å². The average molecular weight is 320 g/mol. The number of carbonyl (C=O) groups is 1. The van der Waals surface area contributed by atoms with Crippen LogP contribution in [0.3, 0.4) is 0 Å². The number of piperazine rings is 1. The highest BCUT2D eigenvalue weighted by molar-refractivity contribution is 7.80. The van der Waals surface area contributed by atoms with Crippen molar-refractivity contribution in [2.24, 2.45) is 0 Å². The molecule has 1 heterocycles. The van der Waals surface area contributed by atoms with Crippen molar-refractivity contribution in [1.29, 1.82) is 0 Å². The fourth-order valence-electron chi connectivity index (χ4n) is 2.28. The van der Waals surface area contributed by atoms with Crippen LogP contribution in [0.4, 0.5) is 5.69 Å². The molecule has 0 bridgehead atoms. The molecule has 0 aromatic heterocycles. The maximum Gasteiger partial charge on any atom is 0.236 e. The molecule has 120 valence electrons. The first-order valence-corrected chi connectivity index (χ1v) is 7.91. The topological polar surface area (TPSA) is 38.8 Å². The van der Waals surface area contributed by atoms with Crippen LogP contribution in [-0.2, 0) is 4.79 Å². The third-order valence-corrected chi connectivity index (χ3v) is 4.18. The fourth-order valence-corrected chi connectivity index (χ4v) is 2.58. The minimum atomic E-state index is 0.147. The lowest BCUT2D eigenvalue weighted by molar-refractivity contribution is -0.130. The summed E-state index contributed by atoms with van der Waals surface area (Å²) in [4.78, 5) is 17.7. The molecular weight excluding hydrogens is 296 g/mol. The molecule has 1 aliphatic rings. The molecule has 1 N–H and O–H groups in total. The van der Waals surface area contributed by atoms with E-state index in [-0.39, 0.29) is 5.91 Å². The normalized spacial score (nSPS) is 15.5. The van der Waals surface area contributed by atoms with Gasteiger partial charge in [-0.1, -0.05) is 17.7 Å². The minimum absolute atomic E-state index is 0.147. The molecule has 0 spiro atoms. The number of likely N-dealkylation sites (N-methyl/N-ethyl adjacent to an activating group) is 1. The van der Waals surface area contributed by atoms with Gasteiger partial charge in [0.15, 0.2) is 5.11 Å². The molecule has 1 saturated heterocycles. The average Bonchev–Trinajstić information content (AvgIpc) is 2.50. The van der Waals surface area contributed by atoms with Crippen LogP contribution in [0, 0.1) is 6.92 Å². The van der Waals surface area contributed by atoms with E-state index in [1.54, 1.807) is 19.0 Å². The van der Waals surface area contributed by atoms with Crippen molar-refractivity contribution in [1.82, 2.24) is 14.7 Å². The monoisotopic (exact) mass is 320 g/mol. The zero-order valence-electron chi connectivity index (χ0n) is 13.5. The first kappa shape index (κ1) is 16.7. The molecule has 5 nitrogen and oxygen atoms in total. The third kappa shape index (κ3) is 4.68.